The van der Waals surface area contributed by atoms with Crippen molar-refractivity contribution in [3.63, 3.8) is 0 Å². The van der Waals surface area contributed by atoms with Gasteiger partial charge in [-0.1, -0.05) is 13.0 Å². The fraction of sp³-hybridized carbons (Fsp3) is 0.571. The zero-order valence-electron chi connectivity index (χ0n) is 9.99. The van der Waals surface area contributed by atoms with Gasteiger partial charge >= 0.3 is 0 Å². The number of ether oxygens (including phenoxy) is 2. The highest BCUT2D eigenvalue weighted by Crippen LogP contribution is 2.46. The monoisotopic (exact) mass is 252 g/mol. The van der Waals surface area contributed by atoms with E-state index in [-0.39, 0.29) is 5.38 Å². The van der Waals surface area contributed by atoms with E-state index in [1.165, 1.54) is 12.8 Å². The van der Waals surface area contributed by atoms with Gasteiger partial charge in [-0.3, -0.25) is 0 Å². The molecule has 2 aliphatic rings. The van der Waals surface area contributed by atoms with Crippen molar-refractivity contribution in [1.29, 1.82) is 0 Å². The highest BCUT2D eigenvalue weighted by atomic mass is 35.5. The summed E-state index contributed by atoms with van der Waals surface area (Å²) in [4.78, 5) is 0. The first-order chi connectivity index (χ1) is 8.25. The first kappa shape index (κ1) is 11.2. The van der Waals surface area contributed by atoms with Crippen LogP contribution in [0, 0.1) is 11.8 Å². The first-order valence-corrected chi connectivity index (χ1v) is 6.73. The van der Waals surface area contributed by atoms with Crippen LogP contribution in [-0.2, 0) is 0 Å². The Kier molecular flexibility index (Phi) is 2.91. The molecule has 1 heterocycles. The Hall–Kier alpha value is -0.890. The van der Waals surface area contributed by atoms with Crippen LogP contribution in [0.5, 0.6) is 11.5 Å². The van der Waals surface area contributed by atoms with E-state index in [0.29, 0.717) is 19.1 Å². The molecule has 2 atom stereocenters. The molecule has 0 saturated heterocycles. The van der Waals surface area contributed by atoms with E-state index < -0.39 is 0 Å². The lowest BCUT2D eigenvalue weighted by Gasteiger charge is -2.22. The number of rotatable bonds is 3. The third kappa shape index (κ3) is 2.23. The molecule has 3 heteroatoms. The summed E-state index contributed by atoms with van der Waals surface area (Å²) in [6.07, 6.45) is 2.66. The quantitative estimate of drug-likeness (QED) is 0.762. The SMILES string of the molecule is CC(C1CC1)C(Cl)c1ccc2c(c1)OCCO2. The lowest BCUT2D eigenvalue weighted by Crippen LogP contribution is -2.16. The van der Waals surface area contributed by atoms with E-state index in [2.05, 4.69) is 13.0 Å². The van der Waals surface area contributed by atoms with Gasteiger partial charge in [-0.2, -0.15) is 0 Å². The Morgan fingerprint density at radius 2 is 1.88 bits per heavy atom. The van der Waals surface area contributed by atoms with E-state index in [1.807, 2.05) is 12.1 Å². The Morgan fingerprint density at radius 1 is 1.18 bits per heavy atom. The second-order valence-electron chi connectivity index (χ2n) is 5.00. The van der Waals surface area contributed by atoms with Gasteiger partial charge in [0.05, 0.1) is 5.38 Å². The van der Waals surface area contributed by atoms with Gasteiger partial charge in [0.25, 0.3) is 0 Å². The van der Waals surface area contributed by atoms with Crippen LogP contribution in [-0.4, -0.2) is 13.2 Å². The first-order valence-electron chi connectivity index (χ1n) is 6.29. The molecule has 92 valence electrons. The largest absolute Gasteiger partial charge is 0.486 e. The molecule has 0 aromatic heterocycles. The fourth-order valence-corrected chi connectivity index (χ4v) is 2.74. The summed E-state index contributed by atoms with van der Waals surface area (Å²) in [7, 11) is 0. The Labute approximate surface area is 107 Å². The summed E-state index contributed by atoms with van der Waals surface area (Å²) in [5.74, 6) is 3.02. The van der Waals surface area contributed by atoms with Crippen molar-refractivity contribution in [3.8, 4) is 11.5 Å². The average molecular weight is 253 g/mol. The van der Waals surface area contributed by atoms with Crippen molar-refractivity contribution in [2.45, 2.75) is 25.1 Å². The second-order valence-corrected chi connectivity index (χ2v) is 5.47. The van der Waals surface area contributed by atoms with E-state index in [0.717, 1.165) is 23.0 Å². The molecule has 1 fully saturated rings. The fourth-order valence-electron chi connectivity index (χ4n) is 2.40. The minimum absolute atomic E-state index is 0.0818. The zero-order valence-corrected chi connectivity index (χ0v) is 10.7. The van der Waals surface area contributed by atoms with Gasteiger partial charge in [-0.25, -0.2) is 0 Å². The molecule has 0 bridgehead atoms. The van der Waals surface area contributed by atoms with Crippen LogP contribution < -0.4 is 9.47 Å². The standard InChI is InChI=1S/C14H17ClO2/c1-9(10-2-3-10)14(15)11-4-5-12-13(8-11)17-7-6-16-12/h4-5,8-10,14H,2-3,6-7H2,1H3. The van der Waals surface area contributed by atoms with E-state index in [1.54, 1.807) is 0 Å². The summed E-state index contributed by atoms with van der Waals surface area (Å²) in [6.45, 7) is 3.50. The smallest absolute Gasteiger partial charge is 0.161 e. The van der Waals surface area contributed by atoms with Crippen molar-refractivity contribution in [3.05, 3.63) is 23.8 Å². The van der Waals surface area contributed by atoms with Crippen LogP contribution in [0.3, 0.4) is 0 Å². The van der Waals surface area contributed by atoms with Gasteiger partial charge < -0.3 is 9.47 Å². The number of benzene rings is 1. The highest BCUT2D eigenvalue weighted by Gasteiger charge is 2.33. The number of fused-ring (bicyclic) bond motifs is 1. The third-order valence-corrected chi connectivity index (χ3v) is 4.36. The molecule has 2 unspecified atom stereocenters. The molecular weight excluding hydrogens is 236 g/mol. The normalized spacial score (nSPS) is 22.0. The van der Waals surface area contributed by atoms with Crippen molar-refractivity contribution in [2.24, 2.45) is 11.8 Å². The predicted molar refractivity (Wildman–Crippen MR) is 67.9 cm³/mol. The van der Waals surface area contributed by atoms with Crippen molar-refractivity contribution in [2.75, 3.05) is 13.2 Å². The summed E-state index contributed by atoms with van der Waals surface area (Å²) < 4.78 is 11.1. The van der Waals surface area contributed by atoms with Gasteiger partial charge in [0.15, 0.2) is 11.5 Å². The summed E-state index contributed by atoms with van der Waals surface area (Å²) in [6, 6.07) is 6.06. The maximum Gasteiger partial charge on any atom is 0.161 e. The van der Waals surface area contributed by atoms with Gasteiger partial charge in [0.1, 0.15) is 13.2 Å². The van der Waals surface area contributed by atoms with Gasteiger partial charge in [-0.05, 0) is 42.4 Å². The Morgan fingerprint density at radius 3 is 2.59 bits per heavy atom. The average Bonchev–Trinajstić information content (AvgIpc) is 3.21. The van der Waals surface area contributed by atoms with E-state index in [9.17, 15) is 0 Å². The molecule has 0 amide bonds. The molecular formula is C14H17ClO2. The summed E-state index contributed by atoms with van der Waals surface area (Å²) >= 11 is 6.54. The molecule has 0 spiro atoms. The molecule has 3 rings (SSSR count). The minimum Gasteiger partial charge on any atom is -0.486 e. The van der Waals surface area contributed by atoms with E-state index >= 15 is 0 Å². The molecule has 1 aromatic carbocycles. The van der Waals surface area contributed by atoms with Crippen molar-refractivity contribution < 1.29 is 9.47 Å². The van der Waals surface area contributed by atoms with Crippen LogP contribution in [0.25, 0.3) is 0 Å². The third-order valence-electron chi connectivity index (χ3n) is 3.71. The minimum atomic E-state index is 0.0818. The van der Waals surface area contributed by atoms with Gasteiger partial charge in [-0.15, -0.1) is 11.6 Å². The lowest BCUT2D eigenvalue weighted by molar-refractivity contribution is 0.171. The van der Waals surface area contributed by atoms with Gasteiger partial charge in [0, 0.05) is 0 Å². The number of hydrogen-bond donors (Lipinski definition) is 0. The van der Waals surface area contributed by atoms with Crippen LogP contribution in [0.1, 0.15) is 30.7 Å². The Bertz CT molecular complexity index is 415. The zero-order chi connectivity index (χ0) is 11.8. The number of alkyl halides is 1. The molecule has 1 aliphatic carbocycles. The molecule has 0 N–H and O–H groups in total. The van der Waals surface area contributed by atoms with Crippen LogP contribution in [0.15, 0.2) is 18.2 Å². The summed E-state index contributed by atoms with van der Waals surface area (Å²) in [5, 5.41) is 0.0818. The second kappa shape index (κ2) is 4.41. The maximum absolute atomic E-state index is 6.54. The highest BCUT2D eigenvalue weighted by molar-refractivity contribution is 6.21. The molecule has 1 saturated carbocycles. The molecule has 2 nitrogen and oxygen atoms in total. The van der Waals surface area contributed by atoms with Crippen LogP contribution in [0.2, 0.25) is 0 Å². The lowest BCUT2D eigenvalue weighted by atomic mass is 9.96. The Balaban J connectivity index is 1.82. The predicted octanol–water partition coefficient (Wildman–Crippen LogP) is 3.78. The number of halogens is 1. The van der Waals surface area contributed by atoms with Crippen molar-refractivity contribution in [1.82, 2.24) is 0 Å². The molecule has 1 aromatic rings. The molecule has 17 heavy (non-hydrogen) atoms. The number of hydrogen-bond acceptors (Lipinski definition) is 2. The van der Waals surface area contributed by atoms with Gasteiger partial charge in [0.2, 0.25) is 0 Å². The topological polar surface area (TPSA) is 18.5 Å². The van der Waals surface area contributed by atoms with Crippen LogP contribution >= 0.6 is 11.6 Å². The molecule has 1 aliphatic heterocycles. The maximum atomic E-state index is 6.54. The van der Waals surface area contributed by atoms with Crippen LogP contribution in [0.4, 0.5) is 0 Å². The van der Waals surface area contributed by atoms with Crippen molar-refractivity contribution >= 4 is 11.6 Å². The van der Waals surface area contributed by atoms with E-state index in [4.69, 9.17) is 21.1 Å². The summed E-state index contributed by atoms with van der Waals surface area (Å²) in [5.41, 5.74) is 1.15. The molecule has 0 radical (unpaired) electrons.